The number of benzene rings is 1. The molecule has 0 unspecified atom stereocenters. The molecule has 1 fully saturated rings. The molecule has 0 aliphatic carbocycles. The largest absolute Gasteiger partial charge is 0.486 e. The van der Waals surface area contributed by atoms with Crippen molar-refractivity contribution in [1.29, 1.82) is 0 Å². The number of rotatable bonds is 3. The summed E-state index contributed by atoms with van der Waals surface area (Å²) < 4.78 is 38.3. The lowest BCUT2D eigenvalue weighted by atomic mass is 9.97. The van der Waals surface area contributed by atoms with Crippen LogP contribution in [0.1, 0.15) is 23.6 Å². The van der Waals surface area contributed by atoms with Gasteiger partial charge in [0.05, 0.1) is 4.90 Å². The van der Waals surface area contributed by atoms with Crippen molar-refractivity contribution in [3.05, 3.63) is 40.6 Å². The van der Waals surface area contributed by atoms with Crippen LogP contribution in [0.25, 0.3) is 0 Å². The highest BCUT2D eigenvalue weighted by atomic mass is 32.2. The number of ether oxygens (including phenoxy) is 2. The summed E-state index contributed by atoms with van der Waals surface area (Å²) in [6.07, 6.45) is 1.73. The summed E-state index contributed by atoms with van der Waals surface area (Å²) in [5.74, 6) is 1.59. The lowest BCUT2D eigenvalue weighted by molar-refractivity contribution is 0.171. The van der Waals surface area contributed by atoms with Crippen LogP contribution < -0.4 is 9.47 Å². The van der Waals surface area contributed by atoms with Crippen LogP contribution in [-0.2, 0) is 10.0 Å². The van der Waals surface area contributed by atoms with Crippen LogP contribution in [-0.4, -0.2) is 39.0 Å². The maximum atomic E-state index is 12.9. The van der Waals surface area contributed by atoms with Crippen molar-refractivity contribution in [1.82, 2.24) is 4.31 Å². The first-order chi connectivity index (χ1) is 11.6. The second-order valence-corrected chi connectivity index (χ2v) is 8.92. The fourth-order valence-corrected chi connectivity index (χ4v) is 5.62. The van der Waals surface area contributed by atoms with E-state index >= 15 is 0 Å². The van der Waals surface area contributed by atoms with Crippen molar-refractivity contribution in [3.8, 4) is 11.5 Å². The van der Waals surface area contributed by atoms with E-state index in [1.165, 1.54) is 4.88 Å². The zero-order chi connectivity index (χ0) is 16.6. The fourth-order valence-electron chi connectivity index (χ4n) is 3.24. The van der Waals surface area contributed by atoms with Crippen molar-refractivity contribution in [2.75, 3.05) is 26.3 Å². The minimum Gasteiger partial charge on any atom is -0.486 e. The highest BCUT2D eigenvalue weighted by Gasteiger charge is 2.31. The quantitative estimate of drug-likeness (QED) is 0.839. The van der Waals surface area contributed by atoms with Gasteiger partial charge in [0.2, 0.25) is 10.0 Å². The van der Waals surface area contributed by atoms with Gasteiger partial charge >= 0.3 is 0 Å². The molecule has 2 aliphatic heterocycles. The first kappa shape index (κ1) is 15.9. The number of fused-ring (bicyclic) bond motifs is 1. The first-order valence-electron chi connectivity index (χ1n) is 8.08. The maximum Gasteiger partial charge on any atom is 0.243 e. The van der Waals surface area contributed by atoms with Gasteiger partial charge in [-0.1, -0.05) is 6.07 Å². The zero-order valence-electron chi connectivity index (χ0n) is 13.2. The third-order valence-corrected chi connectivity index (χ3v) is 7.48. The maximum absolute atomic E-state index is 12.9. The van der Waals surface area contributed by atoms with Crippen LogP contribution >= 0.6 is 11.3 Å². The molecule has 2 aliphatic rings. The molecule has 5 nitrogen and oxygen atoms in total. The van der Waals surface area contributed by atoms with Crippen molar-refractivity contribution in [2.45, 2.75) is 23.7 Å². The van der Waals surface area contributed by atoms with Gasteiger partial charge in [-0.25, -0.2) is 8.42 Å². The number of piperidine rings is 1. The average molecular weight is 365 g/mol. The second kappa shape index (κ2) is 6.38. The average Bonchev–Trinajstić information content (AvgIpc) is 3.16. The van der Waals surface area contributed by atoms with Crippen LogP contribution in [0.5, 0.6) is 11.5 Å². The third kappa shape index (κ3) is 2.92. The van der Waals surface area contributed by atoms with Gasteiger partial charge < -0.3 is 9.47 Å². The van der Waals surface area contributed by atoms with Crippen molar-refractivity contribution in [3.63, 3.8) is 0 Å². The lowest BCUT2D eigenvalue weighted by Gasteiger charge is -2.31. The molecule has 0 N–H and O–H groups in total. The predicted molar refractivity (Wildman–Crippen MR) is 92.5 cm³/mol. The van der Waals surface area contributed by atoms with E-state index in [2.05, 4.69) is 17.5 Å². The van der Waals surface area contributed by atoms with E-state index in [-0.39, 0.29) is 4.90 Å². The Morgan fingerprint density at radius 2 is 1.79 bits per heavy atom. The third-order valence-electron chi connectivity index (χ3n) is 4.55. The Morgan fingerprint density at radius 1 is 1.04 bits per heavy atom. The van der Waals surface area contributed by atoms with E-state index in [1.54, 1.807) is 33.8 Å². The van der Waals surface area contributed by atoms with Crippen molar-refractivity contribution < 1.29 is 17.9 Å². The number of thiophene rings is 1. The molecule has 0 radical (unpaired) electrons. The Labute approximate surface area is 145 Å². The molecule has 0 amide bonds. The van der Waals surface area contributed by atoms with E-state index < -0.39 is 10.0 Å². The van der Waals surface area contributed by atoms with Gasteiger partial charge in [0.15, 0.2) is 11.5 Å². The van der Waals surface area contributed by atoms with Crippen LogP contribution in [0.2, 0.25) is 0 Å². The minimum absolute atomic E-state index is 0.279. The van der Waals surface area contributed by atoms with E-state index in [4.69, 9.17) is 9.47 Å². The molecule has 1 saturated heterocycles. The standard InChI is InChI=1S/C17H19NO4S2/c19-24(20,14-3-4-15-16(12-14)22-10-9-21-15)18-7-5-13(6-8-18)17-2-1-11-23-17/h1-4,11-13H,5-10H2. The Hall–Kier alpha value is -1.57. The summed E-state index contributed by atoms with van der Waals surface area (Å²) in [6.45, 7) is 2.05. The van der Waals surface area contributed by atoms with Crippen LogP contribution in [0.3, 0.4) is 0 Å². The van der Waals surface area contributed by atoms with Gasteiger partial charge in [0.25, 0.3) is 0 Å². The van der Waals surface area contributed by atoms with E-state index in [1.807, 2.05) is 0 Å². The Bertz CT molecular complexity index is 809. The smallest absolute Gasteiger partial charge is 0.243 e. The van der Waals surface area contributed by atoms with Gasteiger partial charge in [-0.15, -0.1) is 11.3 Å². The summed E-state index contributed by atoms with van der Waals surface area (Å²) in [5, 5.41) is 2.08. The lowest BCUT2D eigenvalue weighted by Crippen LogP contribution is -2.37. The van der Waals surface area contributed by atoms with Gasteiger partial charge in [-0.05, 0) is 42.3 Å². The Kier molecular flexibility index (Phi) is 4.24. The van der Waals surface area contributed by atoms with Crippen LogP contribution in [0.15, 0.2) is 40.6 Å². The Balaban J connectivity index is 1.51. The van der Waals surface area contributed by atoms with Gasteiger partial charge in [0, 0.05) is 24.0 Å². The molecule has 0 spiro atoms. The molecular weight excluding hydrogens is 346 g/mol. The topological polar surface area (TPSA) is 55.8 Å². The predicted octanol–water partition coefficient (Wildman–Crippen LogP) is 3.09. The van der Waals surface area contributed by atoms with Crippen molar-refractivity contribution >= 4 is 21.4 Å². The molecule has 128 valence electrons. The monoisotopic (exact) mass is 365 g/mol. The summed E-state index contributed by atoms with van der Waals surface area (Å²) >= 11 is 1.75. The molecule has 3 heterocycles. The zero-order valence-corrected chi connectivity index (χ0v) is 14.8. The Morgan fingerprint density at radius 3 is 2.50 bits per heavy atom. The highest BCUT2D eigenvalue weighted by Crippen LogP contribution is 2.36. The second-order valence-electron chi connectivity index (χ2n) is 6.00. The summed E-state index contributed by atoms with van der Waals surface area (Å²) in [7, 11) is -3.49. The highest BCUT2D eigenvalue weighted by molar-refractivity contribution is 7.89. The number of hydrogen-bond acceptors (Lipinski definition) is 5. The molecular formula is C17H19NO4S2. The molecule has 4 rings (SSSR count). The summed E-state index contributed by atoms with van der Waals surface area (Å²) in [4.78, 5) is 1.63. The first-order valence-corrected chi connectivity index (χ1v) is 10.4. The van der Waals surface area contributed by atoms with Gasteiger partial charge in [-0.2, -0.15) is 4.31 Å². The number of nitrogens with zero attached hydrogens (tertiary/aromatic N) is 1. The van der Waals surface area contributed by atoms with E-state index in [0.717, 1.165) is 12.8 Å². The fraction of sp³-hybridized carbons (Fsp3) is 0.412. The SMILES string of the molecule is O=S(=O)(c1ccc2c(c1)OCCO2)N1CCC(c2cccs2)CC1. The molecule has 0 saturated carbocycles. The van der Waals surface area contributed by atoms with Crippen LogP contribution in [0, 0.1) is 0 Å². The number of sulfonamides is 1. The van der Waals surface area contributed by atoms with Crippen molar-refractivity contribution in [2.24, 2.45) is 0 Å². The van der Waals surface area contributed by atoms with Gasteiger partial charge in [-0.3, -0.25) is 0 Å². The van der Waals surface area contributed by atoms with Gasteiger partial charge in [0.1, 0.15) is 13.2 Å². The van der Waals surface area contributed by atoms with E-state index in [9.17, 15) is 8.42 Å². The molecule has 0 atom stereocenters. The van der Waals surface area contributed by atoms with Crippen LogP contribution in [0.4, 0.5) is 0 Å². The molecule has 7 heteroatoms. The molecule has 0 bridgehead atoms. The minimum atomic E-state index is -3.49. The summed E-state index contributed by atoms with van der Waals surface area (Å²) in [6, 6.07) is 9.06. The molecule has 1 aromatic carbocycles. The van der Waals surface area contributed by atoms with E-state index in [0.29, 0.717) is 43.7 Å². The molecule has 1 aromatic heterocycles. The molecule has 2 aromatic rings. The normalized spacial score (nSPS) is 19.3. The molecule has 24 heavy (non-hydrogen) atoms. The summed E-state index contributed by atoms with van der Waals surface area (Å²) in [5.41, 5.74) is 0. The number of hydrogen-bond donors (Lipinski definition) is 0.